The van der Waals surface area contributed by atoms with Gasteiger partial charge in [0.1, 0.15) is 6.61 Å². The quantitative estimate of drug-likeness (QED) is 0.0645. The molecule has 0 fully saturated rings. The summed E-state index contributed by atoms with van der Waals surface area (Å²) < 4.78 is 10.5. The molecule has 1 N–H and O–H groups in total. The minimum atomic E-state index is -0.759. The summed E-state index contributed by atoms with van der Waals surface area (Å²) in [4.78, 5) is 24.1. The van der Waals surface area contributed by atoms with Crippen LogP contribution in [0, 0.1) is 0 Å². The molecule has 5 heteroatoms. The lowest BCUT2D eigenvalue weighted by Gasteiger charge is -2.15. The van der Waals surface area contributed by atoms with Crippen LogP contribution in [0.1, 0.15) is 194 Å². The fourth-order valence-electron chi connectivity index (χ4n) is 5.20. The summed E-state index contributed by atoms with van der Waals surface area (Å²) >= 11 is 0. The highest BCUT2D eigenvalue weighted by Crippen LogP contribution is 2.15. The fourth-order valence-corrected chi connectivity index (χ4v) is 5.20. The SMILES string of the molecule is CCCCCCCCCCCCCCCCCCCC(=O)OC(CO)COC(=O)CCCCCCCCCCC. The van der Waals surface area contributed by atoms with Gasteiger partial charge in [-0.3, -0.25) is 9.59 Å². The van der Waals surface area contributed by atoms with Crippen molar-refractivity contribution in [2.45, 2.75) is 200 Å². The van der Waals surface area contributed by atoms with Crippen molar-refractivity contribution in [3.8, 4) is 0 Å². The Bertz CT molecular complexity index is 536. The second kappa shape index (κ2) is 32.4. The van der Waals surface area contributed by atoms with Gasteiger partial charge in [-0.15, -0.1) is 0 Å². The van der Waals surface area contributed by atoms with E-state index >= 15 is 0 Å². The normalized spacial score (nSPS) is 12.0. The van der Waals surface area contributed by atoms with Gasteiger partial charge in [0, 0.05) is 12.8 Å². The standard InChI is InChI=1S/C35H68O5/c1-3-5-7-9-11-13-14-15-16-17-18-19-20-22-24-26-28-30-35(38)40-33(31-36)32-39-34(37)29-27-25-23-21-12-10-8-6-4-2/h33,36H,3-32H2,1-2H3. The molecule has 0 radical (unpaired) electrons. The van der Waals surface area contributed by atoms with E-state index in [-0.39, 0.29) is 25.2 Å². The van der Waals surface area contributed by atoms with E-state index in [9.17, 15) is 14.7 Å². The molecule has 0 aromatic rings. The minimum absolute atomic E-state index is 0.0580. The van der Waals surface area contributed by atoms with Crippen LogP contribution in [-0.2, 0) is 19.1 Å². The Labute approximate surface area is 248 Å². The summed E-state index contributed by atoms with van der Waals surface area (Å²) in [7, 11) is 0. The molecule has 0 aliphatic rings. The van der Waals surface area contributed by atoms with Crippen LogP contribution in [0.5, 0.6) is 0 Å². The lowest BCUT2D eigenvalue weighted by Crippen LogP contribution is -2.28. The summed E-state index contributed by atoms with van der Waals surface area (Å²) in [5, 5.41) is 9.49. The van der Waals surface area contributed by atoms with Crippen LogP contribution in [0.4, 0.5) is 0 Å². The molecule has 0 spiro atoms. The van der Waals surface area contributed by atoms with Gasteiger partial charge < -0.3 is 14.6 Å². The summed E-state index contributed by atoms with van der Waals surface area (Å²) in [6, 6.07) is 0. The zero-order valence-electron chi connectivity index (χ0n) is 26.9. The zero-order valence-corrected chi connectivity index (χ0v) is 26.9. The van der Waals surface area contributed by atoms with Crippen LogP contribution in [0.2, 0.25) is 0 Å². The molecule has 1 atom stereocenters. The highest BCUT2D eigenvalue weighted by molar-refractivity contribution is 5.70. The topological polar surface area (TPSA) is 72.8 Å². The summed E-state index contributed by atoms with van der Waals surface area (Å²) in [5.41, 5.74) is 0. The number of aliphatic hydroxyl groups excluding tert-OH is 1. The number of aliphatic hydroxyl groups is 1. The second-order valence-corrected chi connectivity index (χ2v) is 12.0. The number of rotatable bonds is 32. The molecule has 5 nitrogen and oxygen atoms in total. The molecule has 0 bridgehead atoms. The Hall–Kier alpha value is -1.10. The van der Waals surface area contributed by atoms with Crippen molar-refractivity contribution in [2.75, 3.05) is 13.2 Å². The maximum Gasteiger partial charge on any atom is 0.306 e. The van der Waals surface area contributed by atoms with Crippen LogP contribution >= 0.6 is 0 Å². The molecule has 0 saturated carbocycles. The van der Waals surface area contributed by atoms with Gasteiger partial charge >= 0.3 is 11.9 Å². The third kappa shape index (κ3) is 29.9. The van der Waals surface area contributed by atoms with E-state index in [1.165, 1.54) is 128 Å². The Morgan fingerprint density at radius 1 is 0.475 bits per heavy atom. The molecule has 0 rings (SSSR count). The smallest absolute Gasteiger partial charge is 0.306 e. The molecule has 238 valence electrons. The average molecular weight is 569 g/mol. The molecule has 0 saturated heterocycles. The molecule has 0 aromatic heterocycles. The van der Waals surface area contributed by atoms with Gasteiger partial charge in [-0.1, -0.05) is 168 Å². The highest BCUT2D eigenvalue weighted by atomic mass is 16.6. The summed E-state index contributed by atoms with van der Waals surface area (Å²) in [6.07, 6.45) is 33.0. The fraction of sp³-hybridized carbons (Fsp3) is 0.943. The Morgan fingerprint density at radius 2 is 0.775 bits per heavy atom. The Morgan fingerprint density at radius 3 is 1.10 bits per heavy atom. The minimum Gasteiger partial charge on any atom is -0.462 e. The van der Waals surface area contributed by atoms with Crippen LogP contribution in [0.25, 0.3) is 0 Å². The van der Waals surface area contributed by atoms with Crippen LogP contribution in [0.3, 0.4) is 0 Å². The van der Waals surface area contributed by atoms with Gasteiger partial charge in [-0.2, -0.15) is 0 Å². The maximum absolute atomic E-state index is 12.1. The van der Waals surface area contributed by atoms with Gasteiger partial charge in [0.15, 0.2) is 6.10 Å². The third-order valence-electron chi connectivity index (χ3n) is 7.90. The number of carbonyl (C=O) groups is 2. The van der Waals surface area contributed by atoms with E-state index in [4.69, 9.17) is 9.47 Å². The van der Waals surface area contributed by atoms with Gasteiger partial charge in [0.25, 0.3) is 0 Å². The van der Waals surface area contributed by atoms with Crippen molar-refractivity contribution >= 4 is 11.9 Å². The van der Waals surface area contributed by atoms with Crippen molar-refractivity contribution < 1.29 is 24.2 Å². The van der Waals surface area contributed by atoms with Crippen LogP contribution in [-0.4, -0.2) is 36.4 Å². The number of ether oxygens (including phenoxy) is 2. The number of hydrogen-bond donors (Lipinski definition) is 1. The third-order valence-corrected chi connectivity index (χ3v) is 7.90. The largest absolute Gasteiger partial charge is 0.462 e. The van der Waals surface area contributed by atoms with E-state index < -0.39 is 6.10 Å². The Balaban J connectivity index is 3.49. The molecule has 1 unspecified atom stereocenters. The zero-order chi connectivity index (χ0) is 29.4. The van der Waals surface area contributed by atoms with Crippen molar-refractivity contribution in [3.05, 3.63) is 0 Å². The highest BCUT2D eigenvalue weighted by Gasteiger charge is 2.16. The van der Waals surface area contributed by atoms with Gasteiger partial charge in [-0.25, -0.2) is 0 Å². The predicted molar refractivity (Wildman–Crippen MR) is 169 cm³/mol. The first-order valence-electron chi connectivity index (χ1n) is 17.6. The first-order valence-corrected chi connectivity index (χ1v) is 17.6. The van der Waals surface area contributed by atoms with E-state index in [0.29, 0.717) is 12.8 Å². The van der Waals surface area contributed by atoms with E-state index in [1.807, 2.05) is 0 Å². The lowest BCUT2D eigenvalue weighted by atomic mass is 10.0. The van der Waals surface area contributed by atoms with Gasteiger partial charge in [-0.05, 0) is 12.8 Å². The van der Waals surface area contributed by atoms with Gasteiger partial charge in [0.2, 0.25) is 0 Å². The maximum atomic E-state index is 12.1. The number of unbranched alkanes of at least 4 members (excludes halogenated alkanes) is 24. The number of hydrogen-bond acceptors (Lipinski definition) is 5. The van der Waals surface area contributed by atoms with E-state index in [2.05, 4.69) is 13.8 Å². The molecule has 0 aromatic carbocycles. The first kappa shape index (κ1) is 38.9. The molecule has 0 aliphatic carbocycles. The lowest BCUT2D eigenvalue weighted by molar-refractivity contribution is -0.161. The molecule has 0 aliphatic heterocycles. The van der Waals surface area contributed by atoms with Crippen molar-refractivity contribution in [3.63, 3.8) is 0 Å². The van der Waals surface area contributed by atoms with Crippen LogP contribution < -0.4 is 0 Å². The van der Waals surface area contributed by atoms with Crippen molar-refractivity contribution in [2.24, 2.45) is 0 Å². The molecular weight excluding hydrogens is 500 g/mol. The van der Waals surface area contributed by atoms with E-state index in [0.717, 1.165) is 38.5 Å². The molecule has 0 amide bonds. The second-order valence-electron chi connectivity index (χ2n) is 12.0. The molecular formula is C35H68O5. The van der Waals surface area contributed by atoms with Crippen molar-refractivity contribution in [1.29, 1.82) is 0 Å². The average Bonchev–Trinajstić information content (AvgIpc) is 2.96. The van der Waals surface area contributed by atoms with Gasteiger partial charge in [0.05, 0.1) is 6.61 Å². The van der Waals surface area contributed by atoms with Crippen molar-refractivity contribution in [1.82, 2.24) is 0 Å². The predicted octanol–water partition coefficient (Wildman–Crippen LogP) is 10.4. The Kier molecular flexibility index (Phi) is 31.5. The van der Waals surface area contributed by atoms with E-state index in [1.54, 1.807) is 0 Å². The molecule has 0 heterocycles. The molecule has 40 heavy (non-hydrogen) atoms. The summed E-state index contributed by atoms with van der Waals surface area (Å²) in [5.74, 6) is -0.583. The first-order chi connectivity index (χ1) is 19.6. The number of carbonyl (C=O) groups excluding carboxylic acids is 2. The monoisotopic (exact) mass is 569 g/mol. The van der Waals surface area contributed by atoms with Crippen LogP contribution in [0.15, 0.2) is 0 Å². The number of esters is 2. The summed E-state index contributed by atoms with van der Waals surface area (Å²) in [6.45, 7) is 4.12.